The molecule has 1 aliphatic heterocycles. The number of rotatable bonds is 2. The van der Waals surface area contributed by atoms with Crippen LogP contribution in [0.3, 0.4) is 0 Å². The Morgan fingerprint density at radius 1 is 1.65 bits per heavy atom. The smallest absolute Gasteiger partial charge is 0.265 e. The normalized spacial score (nSPS) is 22.2. The van der Waals surface area contributed by atoms with Gasteiger partial charge in [-0.05, 0) is 31.2 Å². The van der Waals surface area contributed by atoms with Crippen LogP contribution in [0.2, 0.25) is 0 Å². The van der Waals surface area contributed by atoms with Gasteiger partial charge in [-0.3, -0.25) is 4.79 Å². The Morgan fingerprint density at radius 3 is 3.15 bits per heavy atom. The molecule has 0 radical (unpaired) electrons. The highest BCUT2D eigenvalue weighted by atomic mass is 32.1. The zero-order chi connectivity index (χ0) is 14.6. The molecule has 1 aliphatic rings. The fourth-order valence-corrected chi connectivity index (χ4v) is 3.21. The van der Waals surface area contributed by atoms with Crippen LogP contribution >= 0.6 is 11.3 Å². The third-order valence-electron chi connectivity index (χ3n) is 3.60. The number of nitrogens with zero attached hydrogens (tertiary/aromatic N) is 1. The van der Waals surface area contributed by atoms with Crippen molar-refractivity contribution >= 4 is 17.2 Å². The van der Waals surface area contributed by atoms with Gasteiger partial charge in [-0.2, -0.15) is 0 Å². The van der Waals surface area contributed by atoms with E-state index in [1.165, 1.54) is 11.3 Å². The number of hydrogen-bond donors (Lipinski definition) is 1. The number of piperidine rings is 1. The summed E-state index contributed by atoms with van der Waals surface area (Å²) in [6.45, 7) is 3.19. The van der Waals surface area contributed by atoms with Gasteiger partial charge in [0.2, 0.25) is 0 Å². The molecule has 0 saturated carbocycles. The summed E-state index contributed by atoms with van der Waals surface area (Å²) in [6, 6.07) is 1.82. The zero-order valence-corrected chi connectivity index (χ0v) is 12.6. The summed E-state index contributed by atoms with van der Waals surface area (Å²) in [5, 5.41) is 10.6. The Morgan fingerprint density at radius 2 is 2.45 bits per heavy atom. The SMILES string of the molecule is COC1(C)CCCN(C(=O)c2sccc2C#CCO)C1. The molecule has 0 spiro atoms. The van der Waals surface area contributed by atoms with Gasteiger partial charge in [0.15, 0.2) is 0 Å². The van der Waals surface area contributed by atoms with E-state index in [9.17, 15) is 4.79 Å². The average Bonchev–Trinajstić information content (AvgIpc) is 2.92. The monoisotopic (exact) mass is 293 g/mol. The molecule has 2 rings (SSSR count). The number of carbonyl (C=O) groups excluding carboxylic acids is 1. The molecule has 0 aliphatic carbocycles. The van der Waals surface area contributed by atoms with Crippen molar-refractivity contribution in [2.75, 3.05) is 26.8 Å². The van der Waals surface area contributed by atoms with Crippen molar-refractivity contribution in [2.24, 2.45) is 0 Å². The number of thiophene rings is 1. The molecule has 1 aromatic heterocycles. The third-order valence-corrected chi connectivity index (χ3v) is 4.50. The van der Waals surface area contributed by atoms with Crippen LogP contribution in [0.25, 0.3) is 0 Å². The Labute approximate surface area is 123 Å². The van der Waals surface area contributed by atoms with Gasteiger partial charge in [0.1, 0.15) is 11.5 Å². The van der Waals surface area contributed by atoms with Gasteiger partial charge in [0, 0.05) is 25.8 Å². The van der Waals surface area contributed by atoms with E-state index in [0.717, 1.165) is 19.4 Å². The van der Waals surface area contributed by atoms with Crippen molar-refractivity contribution in [3.8, 4) is 11.8 Å². The van der Waals surface area contributed by atoms with E-state index < -0.39 is 0 Å². The zero-order valence-electron chi connectivity index (χ0n) is 11.8. The fourth-order valence-electron chi connectivity index (χ4n) is 2.40. The minimum atomic E-state index is -0.262. The highest BCUT2D eigenvalue weighted by Crippen LogP contribution is 2.27. The van der Waals surface area contributed by atoms with Crippen LogP contribution in [0.15, 0.2) is 11.4 Å². The van der Waals surface area contributed by atoms with E-state index in [1.54, 1.807) is 7.11 Å². The fraction of sp³-hybridized carbons (Fsp3) is 0.533. The highest BCUT2D eigenvalue weighted by Gasteiger charge is 2.34. The number of methoxy groups -OCH3 is 1. The summed E-state index contributed by atoms with van der Waals surface area (Å²) in [5.41, 5.74) is 0.431. The van der Waals surface area contributed by atoms with Crippen molar-refractivity contribution in [1.82, 2.24) is 4.90 Å². The van der Waals surface area contributed by atoms with Crippen molar-refractivity contribution < 1.29 is 14.6 Å². The highest BCUT2D eigenvalue weighted by molar-refractivity contribution is 7.12. The Kier molecular flexibility index (Phi) is 4.81. The lowest BCUT2D eigenvalue weighted by Crippen LogP contribution is -2.49. The minimum absolute atomic E-state index is 0.00483. The maximum Gasteiger partial charge on any atom is 0.265 e. The van der Waals surface area contributed by atoms with Crippen molar-refractivity contribution in [2.45, 2.75) is 25.4 Å². The Hall–Kier alpha value is -1.35. The topological polar surface area (TPSA) is 49.8 Å². The number of aliphatic hydroxyl groups is 1. The van der Waals surface area contributed by atoms with E-state index in [0.29, 0.717) is 17.0 Å². The summed E-state index contributed by atoms with van der Waals surface area (Å²) in [4.78, 5) is 15.1. The molecule has 1 N–H and O–H groups in total. The molecule has 1 saturated heterocycles. The van der Waals surface area contributed by atoms with Crippen LogP contribution < -0.4 is 0 Å². The van der Waals surface area contributed by atoms with Crippen molar-refractivity contribution in [1.29, 1.82) is 0 Å². The molecule has 1 unspecified atom stereocenters. The van der Waals surface area contributed by atoms with Gasteiger partial charge < -0.3 is 14.7 Å². The van der Waals surface area contributed by atoms with Gasteiger partial charge in [0.05, 0.1) is 5.60 Å². The average molecular weight is 293 g/mol. The van der Waals surface area contributed by atoms with Crippen LogP contribution in [0.4, 0.5) is 0 Å². The van der Waals surface area contributed by atoms with E-state index in [2.05, 4.69) is 11.8 Å². The number of aliphatic hydroxyl groups excluding tert-OH is 1. The van der Waals surface area contributed by atoms with Crippen LogP contribution in [0.5, 0.6) is 0 Å². The number of hydrogen-bond acceptors (Lipinski definition) is 4. The van der Waals surface area contributed by atoms with E-state index >= 15 is 0 Å². The van der Waals surface area contributed by atoms with Crippen molar-refractivity contribution in [3.05, 3.63) is 21.9 Å². The standard InChI is InChI=1S/C15H19NO3S/c1-15(19-2)7-4-8-16(11-15)14(18)13-12(5-3-9-17)6-10-20-13/h6,10,17H,4,7-9,11H2,1-2H3. The Balaban J connectivity index is 2.17. The molecule has 1 atom stereocenters. The van der Waals surface area contributed by atoms with Gasteiger partial charge in [0.25, 0.3) is 5.91 Å². The molecule has 1 aromatic rings. The van der Waals surface area contributed by atoms with Crippen LogP contribution in [0.1, 0.15) is 35.0 Å². The first-order chi connectivity index (χ1) is 9.59. The Bertz CT molecular complexity index is 543. The molecule has 20 heavy (non-hydrogen) atoms. The summed E-state index contributed by atoms with van der Waals surface area (Å²) in [6.07, 6.45) is 1.91. The lowest BCUT2D eigenvalue weighted by Gasteiger charge is -2.39. The predicted molar refractivity (Wildman–Crippen MR) is 78.8 cm³/mol. The number of likely N-dealkylation sites (tertiary alicyclic amines) is 1. The number of amides is 1. The molecular weight excluding hydrogens is 274 g/mol. The maximum atomic E-state index is 12.6. The predicted octanol–water partition coefficient (Wildman–Crippen LogP) is 1.73. The number of carbonyl (C=O) groups is 1. The molecule has 108 valence electrons. The number of ether oxygens (including phenoxy) is 1. The lowest BCUT2D eigenvalue weighted by molar-refractivity contribution is -0.0439. The molecule has 4 nitrogen and oxygen atoms in total. The second-order valence-electron chi connectivity index (χ2n) is 5.11. The molecule has 1 amide bonds. The lowest BCUT2D eigenvalue weighted by atomic mass is 9.94. The molecule has 5 heteroatoms. The molecule has 1 fully saturated rings. The summed E-state index contributed by atoms with van der Waals surface area (Å²) >= 11 is 1.39. The van der Waals surface area contributed by atoms with Crippen LogP contribution in [0, 0.1) is 11.8 Å². The molecular formula is C15H19NO3S. The first kappa shape index (κ1) is 15.0. The van der Waals surface area contributed by atoms with E-state index in [1.807, 2.05) is 23.3 Å². The summed E-state index contributed by atoms with van der Waals surface area (Å²) in [7, 11) is 1.69. The molecule has 2 heterocycles. The molecule has 0 aromatic carbocycles. The summed E-state index contributed by atoms with van der Waals surface area (Å²) < 4.78 is 5.52. The van der Waals surface area contributed by atoms with Gasteiger partial charge in [-0.15, -0.1) is 11.3 Å². The maximum absolute atomic E-state index is 12.6. The van der Waals surface area contributed by atoms with E-state index in [-0.39, 0.29) is 18.1 Å². The van der Waals surface area contributed by atoms with Gasteiger partial charge >= 0.3 is 0 Å². The first-order valence-electron chi connectivity index (χ1n) is 6.61. The minimum Gasteiger partial charge on any atom is -0.384 e. The third kappa shape index (κ3) is 3.21. The van der Waals surface area contributed by atoms with Gasteiger partial charge in [-0.25, -0.2) is 0 Å². The molecule has 0 bridgehead atoms. The van der Waals surface area contributed by atoms with Crippen LogP contribution in [-0.4, -0.2) is 48.3 Å². The summed E-state index contributed by atoms with van der Waals surface area (Å²) in [5.74, 6) is 5.43. The first-order valence-corrected chi connectivity index (χ1v) is 7.49. The van der Waals surface area contributed by atoms with Crippen LogP contribution in [-0.2, 0) is 4.74 Å². The second kappa shape index (κ2) is 6.40. The second-order valence-corrected chi connectivity index (χ2v) is 6.02. The van der Waals surface area contributed by atoms with Gasteiger partial charge in [-0.1, -0.05) is 11.8 Å². The van der Waals surface area contributed by atoms with Crippen molar-refractivity contribution in [3.63, 3.8) is 0 Å². The van der Waals surface area contributed by atoms with E-state index in [4.69, 9.17) is 9.84 Å². The quantitative estimate of drug-likeness (QED) is 0.845. The largest absolute Gasteiger partial charge is 0.384 e.